The van der Waals surface area contributed by atoms with Gasteiger partial charge >= 0.3 is 5.97 Å². The largest absolute Gasteiger partial charge is 0.446 e. The maximum atomic E-state index is 11.4. The molecule has 2 atom stereocenters. The zero-order valence-corrected chi connectivity index (χ0v) is 11.1. The van der Waals surface area contributed by atoms with Crippen molar-refractivity contribution in [1.82, 2.24) is 0 Å². The third kappa shape index (κ3) is 5.38. The van der Waals surface area contributed by atoms with Crippen LogP contribution in [-0.2, 0) is 9.53 Å². The van der Waals surface area contributed by atoms with E-state index < -0.39 is 18.1 Å². The van der Waals surface area contributed by atoms with E-state index in [4.69, 9.17) is 4.74 Å². The summed E-state index contributed by atoms with van der Waals surface area (Å²) >= 11 is 0. The Morgan fingerprint density at radius 3 is 3.05 bits per heavy atom. The molecule has 0 bridgehead atoms. The average molecular weight is 263 g/mol. The zero-order valence-electron chi connectivity index (χ0n) is 11.1. The number of nitro groups is 1. The molecule has 5 heteroatoms. The predicted molar refractivity (Wildman–Crippen MR) is 70.9 cm³/mol. The molecule has 0 aromatic carbocycles. The molecule has 1 aliphatic rings. The van der Waals surface area contributed by atoms with Gasteiger partial charge in [-0.15, -0.1) is 5.92 Å². The molecule has 0 N–H and O–H groups in total. The third-order valence-corrected chi connectivity index (χ3v) is 2.75. The summed E-state index contributed by atoms with van der Waals surface area (Å²) in [6.45, 7) is 3.36. The van der Waals surface area contributed by atoms with Crippen LogP contribution in [0.5, 0.6) is 0 Å². The normalized spacial score (nSPS) is 20.1. The highest BCUT2D eigenvalue weighted by Gasteiger charge is 2.23. The van der Waals surface area contributed by atoms with Crippen molar-refractivity contribution in [2.45, 2.75) is 45.3 Å². The Kier molecular flexibility index (Phi) is 5.80. The Morgan fingerprint density at radius 2 is 2.42 bits per heavy atom. The lowest BCUT2D eigenvalue weighted by molar-refractivity contribution is -0.523. The van der Waals surface area contributed by atoms with Crippen molar-refractivity contribution in [3.05, 3.63) is 33.9 Å². The van der Waals surface area contributed by atoms with Crippen LogP contribution >= 0.6 is 0 Å². The summed E-state index contributed by atoms with van der Waals surface area (Å²) in [5.41, 5.74) is 0.805. The quantitative estimate of drug-likeness (QED) is 0.256. The van der Waals surface area contributed by atoms with E-state index >= 15 is 0 Å². The minimum atomic E-state index is -0.550. The van der Waals surface area contributed by atoms with Crippen molar-refractivity contribution >= 4 is 5.97 Å². The first kappa shape index (κ1) is 15.0. The van der Waals surface area contributed by atoms with Gasteiger partial charge in [-0.3, -0.25) is 10.1 Å². The van der Waals surface area contributed by atoms with E-state index in [1.165, 1.54) is 6.08 Å². The first-order valence-electron chi connectivity index (χ1n) is 6.16. The smallest absolute Gasteiger partial charge is 0.331 e. The average Bonchev–Trinajstić information content (AvgIpc) is 2.37. The number of hydrogen-bond donors (Lipinski definition) is 0. The number of esters is 1. The Bertz CT molecular complexity index is 468. The minimum absolute atomic E-state index is 0.266. The van der Waals surface area contributed by atoms with Crippen molar-refractivity contribution < 1.29 is 14.5 Å². The van der Waals surface area contributed by atoms with Gasteiger partial charge in [0.05, 0.1) is 0 Å². The Balaban J connectivity index is 2.51. The summed E-state index contributed by atoms with van der Waals surface area (Å²) in [5.74, 6) is 4.88. The van der Waals surface area contributed by atoms with Crippen LogP contribution in [0, 0.1) is 22.0 Å². The first-order chi connectivity index (χ1) is 9.02. The Hall–Kier alpha value is -2.09. The SMILES string of the molecule is CC#CC(C)OC(=O)/C=C/C1=CCCC([N+](=O)[O-])C1. The molecule has 1 aliphatic carbocycles. The van der Waals surface area contributed by atoms with Crippen molar-refractivity contribution in [3.63, 3.8) is 0 Å². The van der Waals surface area contributed by atoms with Gasteiger partial charge in [0.1, 0.15) is 0 Å². The van der Waals surface area contributed by atoms with E-state index in [1.807, 2.05) is 6.08 Å². The molecule has 5 nitrogen and oxygen atoms in total. The van der Waals surface area contributed by atoms with Gasteiger partial charge in [-0.1, -0.05) is 18.1 Å². The monoisotopic (exact) mass is 263 g/mol. The van der Waals surface area contributed by atoms with Gasteiger partial charge in [-0.2, -0.15) is 0 Å². The molecule has 0 heterocycles. The molecule has 0 aromatic heterocycles. The molecule has 0 saturated carbocycles. The summed E-state index contributed by atoms with van der Waals surface area (Å²) < 4.78 is 5.00. The second-order valence-electron chi connectivity index (χ2n) is 4.31. The minimum Gasteiger partial charge on any atom is -0.446 e. The highest BCUT2D eigenvalue weighted by molar-refractivity contribution is 5.82. The number of hydrogen-bond acceptors (Lipinski definition) is 4. The molecule has 0 aromatic rings. The summed E-state index contributed by atoms with van der Waals surface area (Å²) in [7, 11) is 0. The molecule has 2 unspecified atom stereocenters. The van der Waals surface area contributed by atoms with Crippen LogP contribution in [-0.4, -0.2) is 23.0 Å². The van der Waals surface area contributed by atoms with Gasteiger partial charge in [-0.25, -0.2) is 4.79 Å². The lowest BCUT2D eigenvalue weighted by Gasteiger charge is -2.14. The summed E-state index contributed by atoms with van der Waals surface area (Å²) in [6, 6.07) is -0.550. The Morgan fingerprint density at radius 1 is 1.68 bits per heavy atom. The second kappa shape index (κ2) is 7.37. The van der Waals surface area contributed by atoms with E-state index in [0.29, 0.717) is 19.3 Å². The number of ether oxygens (including phenoxy) is 1. The van der Waals surface area contributed by atoms with Crippen LogP contribution in [0.25, 0.3) is 0 Å². The molecule has 0 fully saturated rings. The fourth-order valence-corrected chi connectivity index (χ4v) is 1.86. The van der Waals surface area contributed by atoms with Crippen molar-refractivity contribution in [3.8, 4) is 11.8 Å². The predicted octanol–water partition coefficient (Wildman–Crippen LogP) is 2.25. The van der Waals surface area contributed by atoms with Gasteiger partial charge in [0.2, 0.25) is 6.04 Å². The van der Waals surface area contributed by atoms with Crippen LogP contribution < -0.4 is 0 Å². The van der Waals surface area contributed by atoms with Crippen molar-refractivity contribution in [1.29, 1.82) is 0 Å². The summed E-state index contributed by atoms with van der Waals surface area (Å²) in [6.07, 6.45) is 5.93. The van der Waals surface area contributed by atoms with Crippen LogP contribution in [0.4, 0.5) is 0 Å². The second-order valence-corrected chi connectivity index (χ2v) is 4.31. The molecule has 0 amide bonds. The lowest BCUT2D eigenvalue weighted by Crippen LogP contribution is -2.22. The molecular weight excluding hydrogens is 246 g/mol. The zero-order chi connectivity index (χ0) is 14.3. The highest BCUT2D eigenvalue weighted by atomic mass is 16.6. The fraction of sp³-hybridized carbons (Fsp3) is 0.500. The van der Waals surface area contributed by atoms with Gasteiger partial charge in [0, 0.05) is 23.8 Å². The fourth-order valence-electron chi connectivity index (χ4n) is 1.86. The molecule has 102 valence electrons. The van der Waals surface area contributed by atoms with Gasteiger partial charge < -0.3 is 4.74 Å². The Labute approximate surface area is 112 Å². The topological polar surface area (TPSA) is 69.4 Å². The maximum absolute atomic E-state index is 11.4. The molecule has 19 heavy (non-hydrogen) atoms. The number of carbonyl (C=O) groups excluding carboxylic acids is 1. The van der Waals surface area contributed by atoms with E-state index in [1.54, 1.807) is 19.9 Å². The van der Waals surface area contributed by atoms with Crippen LogP contribution in [0.1, 0.15) is 33.1 Å². The molecule has 0 saturated heterocycles. The molecule has 0 spiro atoms. The molecular formula is C14H17NO4. The maximum Gasteiger partial charge on any atom is 0.331 e. The van der Waals surface area contributed by atoms with E-state index in [0.717, 1.165) is 5.57 Å². The highest BCUT2D eigenvalue weighted by Crippen LogP contribution is 2.21. The van der Waals surface area contributed by atoms with Crippen LogP contribution in [0.2, 0.25) is 0 Å². The van der Waals surface area contributed by atoms with Crippen molar-refractivity contribution in [2.24, 2.45) is 0 Å². The molecule has 0 aliphatic heterocycles. The van der Waals surface area contributed by atoms with Crippen molar-refractivity contribution in [2.75, 3.05) is 0 Å². The summed E-state index contributed by atoms with van der Waals surface area (Å²) in [5, 5.41) is 10.7. The van der Waals surface area contributed by atoms with E-state index in [9.17, 15) is 14.9 Å². The molecule has 1 rings (SSSR count). The van der Waals surface area contributed by atoms with Gasteiger partial charge in [-0.05, 0) is 25.8 Å². The van der Waals surface area contributed by atoms with Crippen LogP contribution in [0.3, 0.4) is 0 Å². The third-order valence-electron chi connectivity index (χ3n) is 2.75. The number of allylic oxidation sites excluding steroid dienone is 2. The van der Waals surface area contributed by atoms with E-state index in [-0.39, 0.29) is 4.92 Å². The van der Waals surface area contributed by atoms with E-state index in [2.05, 4.69) is 11.8 Å². The number of nitrogens with zero attached hydrogens (tertiary/aromatic N) is 1. The van der Waals surface area contributed by atoms with Crippen LogP contribution in [0.15, 0.2) is 23.8 Å². The lowest BCUT2D eigenvalue weighted by atomic mass is 9.95. The number of rotatable bonds is 4. The number of carbonyl (C=O) groups is 1. The summed E-state index contributed by atoms with van der Waals surface area (Å²) in [4.78, 5) is 21.9. The van der Waals surface area contributed by atoms with Gasteiger partial charge in [0.25, 0.3) is 0 Å². The van der Waals surface area contributed by atoms with Gasteiger partial charge in [0.15, 0.2) is 6.10 Å². The first-order valence-corrected chi connectivity index (χ1v) is 6.16. The standard InChI is InChI=1S/C14H17NO4/c1-3-5-11(2)19-14(16)9-8-12-6-4-7-13(10-12)15(17)18/h6,8-9,11,13H,4,7,10H2,1-2H3/b9-8+. The molecule has 0 radical (unpaired) electrons.